The number of Topliss-reactive ketones (excluding diaryl/α,β-unsaturated/α-hetero) is 1. The average Bonchev–Trinajstić information content (AvgIpc) is 2.27. The van der Waals surface area contributed by atoms with Crippen molar-refractivity contribution in [1.82, 2.24) is 5.32 Å². The van der Waals surface area contributed by atoms with E-state index in [0.717, 1.165) is 11.3 Å². The molecule has 0 spiro atoms. The minimum absolute atomic E-state index is 0.0912. The predicted octanol–water partition coefficient (Wildman–Crippen LogP) is 2.27. The van der Waals surface area contributed by atoms with E-state index < -0.39 is 0 Å². The molecule has 0 aliphatic carbocycles. The summed E-state index contributed by atoms with van der Waals surface area (Å²) in [5.74, 6) is 0.923. The molecule has 0 saturated carbocycles. The molecule has 0 fully saturated rings. The molecular formula is C14H17NO2. The van der Waals surface area contributed by atoms with Crippen LogP contribution in [0.1, 0.15) is 29.8 Å². The van der Waals surface area contributed by atoms with Crippen LogP contribution in [0.2, 0.25) is 0 Å². The second kappa shape index (κ2) is 4.34. The summed E-state index contributed by atoms with van der Waals surface area (Å²) in [5, 5.41) is 2.86. The quantitative estimate of drug-likeness (QED) is 0.811. The lowest BCUT2D eigenvalue weighted by atomic mass is 9.99. The number of hydrogen-bond donors (Lipinski definition) is 1. The van der Waals surface area contributed by atoms with Gasteiger partial charge in [0.25, 0.3) is 0 Å². The van der Waals surface area contributed by atoms with E-state index in [0.29, 0.717) is 12.1 Å². The first-order valence-corrected chi connectivity index (χ1v) is 5.72. The fourth-order valence-corrected chi connectivity index (χ4v) is 1.82. The largest absolute Gasteiger partial charge is 0.483 e. The predicted molar refractivity (Wildman–Crippen MR) is 68.4 cm³/mol. The van der Waals surface area contributed by atoms with Gasteiger partial charge in [-0.25, -0.2) is 0 Å². The van der Waals surface area contributed by atoms with Crippen LogP contribution in [0.15, 0.2) is 24.3 Å². The number of ether oxygens (including phenoxy) is 1. The summed E-state index contributed by atoms with van der Waals surface area (Å²) >= 11 is 0. The summed E-state index contributed by atoms with van der Waals surface area (Å²) < 4.78 is 5.80. The molecule has 0 aromatic heterocycles. The van der Waals surface area contributed by atoms with E-state index in [1.165, 1.54) is 0 Å². The molecule has 1 N–H and O–H groups in total. The van der Waals surface area contributed by atoms with Crippen molar-refractivity contribution >= 4 is 11.9 Å². The summed E-state index contributed by atoms with van der Waals surface area (Å²) in [6.45, 7) is 4.37. The van der Waals surface area contributed by atoms with Gasteiger partial charge in [0.2, 0.25) is 0 Å². The number of hydrogen-bond acceptors (Lipinski definition) is 3. The van der Waals surface area contributed by atoms with Crippen molar-refractivity contribution < 1.29 is 9.53 Å². The number of nitrogens with one attached hydrogen (secondary N) is 1. The first-order chi connectivity index (χ1) is 8.02. The Bertz CT molecular complexity index is 475. The Morgan fingerprint density at radius 1 is 1.41 bits per heavy atom. The molecule has 0 atom stereocenters. The van der Waals surface area contributed by atoms with Gasteiger partial charge in [-0.1, -0.05) is 6.08 Å². The van der Waals surface area contributed by atoms with Crippen molar-refractivity contribution in [3.05, 3.63) is 35.4 Å². The normalized spacial score (nSPS) is 16.2. The number of carbonyl (C=O) groups excluding carboxylic acids is 1. The summed E-state index contributed by atoms with van der Waals surface area (Å²) in [5.41, 5.74) is 1.40. The molecule has 1 aliphatic rings. The Morgan fingerprint density at radius 2 is 2.18 bits per heavy atom. The molecule has 0 radical (unpaired) electrons. The molecule has 3 nitrogen and oxygen atoms in total. The molecule has 0 unspecified atom stereocenters. The number of benzene rings is 1. The molecule has 0 bridgehead atoms. The van der Waals surface area contributed by atoms with Crippen LogP contribution in [0.5, 0.6) is 5.75 Å². The average molecular weight is 231 g/mol. The Labute approximate surface area is 101 Å². The van der Waals surface area contributed by atoms with Gasteiger partial charge in [0, 0.05) is 11.1 Å². The lowest BCUT2D eigenvalue weighted by Crippen LogP contribution is -2.27. The van der Waals surface area contributed by atoms with Crippen molar-refractivity contribution in [2.75, 3.05) is 13.6 Å². The molecule has 1 aromatic carbocycles. The van der Waals surface area contributed by atoms with Crippen LogP contribution in [-0.2, 0) is 0 Å². The van der Waals surface area contributed by atoms with Crippen LogP contribution in [-0.4, -0.2) is 25.0 Å². The molecule has 3 heteroatoms. The van der Waals surface area contributed by atoms with Crippen molar-refractivity contribution in [1.29, 1.82) is 0 Å². The second-order valence-corrected chi connectivity index (χ2v) is 4.74. The van der Waals surface area contributed by atoms with Crippen molar-refractivity contribution in [2.45, 2.75) is 19.4 Å². The maximum Gasteiger partial charge on any atom is 0.176 e. The third-order valence-electron chi connectivity index (χ3n) is 2.71. The Morgan fingerprint density at radius 3 is 2.88 bits per heavy atom. The van der Waals surface area contributed by atoms with Gasteiger partial charge in [0.15, 0.2) is 5.78 Å². The summed E-state index contributed by atoms with van der Waals surface area (Å²) in [7, 11) is 1.77. The lowest BCUT2D eigenvalue weighted by molar-refractivity contribution is 0.0993. The number of rotatable bonds is 3. The highest BCUT2D eigenvalue weighted by Gasteiger charge is 2.21. The van der Waals surface area contributed by atoms with Crippen molar-refractivity contribution in [3.63, 3.8) is 0 Å². The van der Waals surface area contributed by atoms with Gasteiger partial charge in [-0.15, -0.1) is 0 Å². The van der Waals surface area contributed by atoms with Gasteiger partial charge >= 0.3 is 0 Å². The monoisotopic (exact) mass is 231 g/mol. The molecule has 17 heavy (non-hydrogen) atoms. The lowest BCUT2D eigenvalue weighted by Gasteiger charge is -2.27. The van der Waals surface area contributed by atoms with E-state index in [9.17, 15) is 4.79 Å². The zero-order valence-electron chi connectivity index (χ0n) is 10.4. The highest BCUT2D eigenvalue weighted by Crippen LogP contribution is 2.31. The van der Waals surface area contributed by atoms with E-state index in [1.54, 1.807) is 7.05 Å². The van der Waals surface area contributed by atoms with Crippen LogP contribution in [0.25, 0.3) is 6.08 Å². The molecule has 2 rings (SSSR count). The molecule has 1 aliphatic heterocycles. The smallest absolute Gasteiger partial charge is 0.176 e. The molecule has 1 aromatic rings. The number of likely N-dealkylation sites (N-methyl/N-ethyl adjacent to an activating group) is 1. The minimum Gasteiger partial charge on any atom is -0.483 e. The van der Waals surface area contributed by atoms with Crippen LogP contribution in [0, 0.1) is 0 Å². The van der Waals surface area contributed by atoms with Gasteiger partial charge in [0.1, 0.15) is 11.4 Å². The Kier molecular flexibility index (Phi) is 3.03. The van der Waals surface area contributed by atoms with Crippen LogP contribution in [0.4, 0.5) is 0 Å². The van der Waals surface area contributed by atoms with E-state index in [1.807, 2.05) is 44.2 Å². The number of fused-ring (bicyclic) bond motifs is 1. The van der Waals surface area contributed by atoms with Gasteiger partial charge < -0.3 is 10.1 Å². The van der Waals surface area contributed by atoms with Crippen molar-refractivity contribution in [3.8, 4) is 5.75 Å². The number of ketones is 1. The fourth-order valence-electron chi connectivity index (χ4n) is 1.82. The summed E-state index contributed by atoms with van der Waals surface area (Å²) in [6.07, 6.45) is 4.01. The standard InChI is InChI=1S/C14H17NO2/c1-14(2)7-6-11-8-10(12(16)9-15-3)4-5-13(11)17-14/h4-8,15H,9H2,1-3H3. The first-order valence-electron chi connectivity index (χ1n) is 5.72. The van der Waals surface area contributed by atoms with Crippen LogP contribution in [0.3, 0.4) is 0 Å². The highest BCUT2D eigenvalue weighted by molar-refractivity contribution is 5.98. The van der Waals surface area contributed by atoms with Crippen LogP contribution >= 0.6 is 0 Å². The highest BCUT2D eigenvalue weighted by atomic mass is 16.5. The first kappa shape index (κ1) is 11.9. The maximum atomic E-state index is 11.7. The summed E-state index contributed by atoms with van der Waals surface area (Å²) in [4.78, 5) is 11.7. The van der Waals surface area contributed by atoms with Crippen molar-refractivity contribution in [2.24, 2.45) is 0 Å². The zero-order chi connectivity index (χ0) is 12.5. The fraction of sp³-hybridized carbons (Fsp3) is 0.357. The van der Waals surface area contributed by atoms with Crippen LogP contribution < -0.4 is 10.1 Å². The van der Waals surface area contributed by atoms with E-state index in [4.69, 9.17) is 4.74 Å². The molecule has 0 amide bonds. The third kappa shape index (κ3) is 2.56. The van der Waals surface area contributed by atoms with Gasteiger partial charge in [0.05, 0.1) is 6.54 Å². The van der Waals surface area contributed by atoms with Gasteiger partial charge in [-0.3, -0.25) is 4.79 Å². The van der Waals surface area contributed by atoms with Gasteiger partial charge in [-0.2, -0.15) is 0 Å². The van der Waals surface area contributed by atoms with E-state index >= 15 is 0 Å². The Balaban J connectivity index is 2.30. The SMILES string of the molecule is CNCC(=O)c1ccc2c(c1)C=CC(C)(C)O2. The van der Waals surface area contributed by atoms with Gasteiger partial charge in [-0.05, 0) is 45.2 Å². The third-order valence-corrected chi connectivity index (χ3v) is 2.71. The molecule has 90 valence electrons. The maximum absolute atomic E-state index is 11.7. The van der Waals surface area contributed by atoms with E-state index in [-0.39, 0.29) is 11.4 Å². The Hall–Kier alpha value is -1.61. The zero-order valence-corrected chi connectivity index (χ0v) is 10.4. The second-order valence-electron chi connectivity index (χ2n) is 4.74. The number of carbonyl (C=O) groups is 1. The minimum atomic E-state index is -0.274. The summed E-state index contributed by atoms with van der Waals surface area (Å²) in [6, 6.07) is 5.55. The molecule has 1 heterocycles. The molecule has 0 saturated heterocycles. The topological polar surface area (TPSA) is 38.3 Å². The van der Waals surface area contributed by atoms with E-state index in [2.05, 4.69) is 5.32 Å². The molecular weight excluding hydrogens is 214 g/mol.